The molecule has 0 aliphatic carbocycles. The van der Waals surface area contributed by atoms with Gasteiger partial charge in [0.25, 0.3) is 0 Å². The smallest absolute Gasteiger partial charge is 0.140 e. The van der Waals surface area contributed by atoms with Crippen molar-refractivity contribution in [3.63, 3.8) is 0 Å². The molecule has 112 valence electrons. The Balaban J connectivity index is 2.10. The molecule has 0 saturated heterocycles. The van der Waals surface area contributed by atoms with Gasteiger partial charge in [-0.05, 0) is 24.0 Å². The standard InChI is InChI=1S/C18H24N2O/c1-4-14(2)18(15-8-6-5-7-9-15)17(21)11-10-16-12-13-19-20(16)3/h5-9,12-14,18H,4,10-11H2,1-3H3. The van der Waals surface area contributed by atoms with Crippen LogP contribution in [0.25, 0.3) is 0 Å². The fraction of sp³-hybridized carbons (Fsp3) is 0.444. The van der Waals surface area contributed by atoms with E-state index in [1.165, 1.54) is 0 Å². The van der Waals surface area contributed by atoms with Gasteiger partial charge in [0.15, 0.2) is 0 Å². The Morgan fingerprint density at radius 2 is 1.95 bits per heavy atom. The van der Waals surface area contributed by atoms with E-state index in [1.54, 1.807) is 6.20 Å². The zero-order valence-electron chi connectivity index (χ0n) is 13.1. The summed E-state index contributed by atoms with van der Waals surface area (Å²) in [6.45, 7) is 4.31. The van der Waals surface area contributed by atoms with Gasteiger partial charge in [-0.2, -0.15) is 5.10 Å². The molecule has 1 heterocycles. The Morgan fingerprint density at radius 1 is 1.24 bits per heavy atom. The van der Waals surface area contributed by atoms with Crippen molar-refractivity contribution in [1.29, 1.82) is 0 Å². The van der Waals surface area contributed by atoms with E-state index in [9.17, 15) is 4.79 Å². The molecule has 2 atom stereocenters. The van der Waals surface area contributed by atoms with Crippen molar-refractivity contribution >= 4 is 5.78 Å². The van der Waals surface area contributed by atoms with Crippen molar-refractivity contribution in [3.05, 3.63) is 53.9 Å². The highest BCUT2D eigenvalue weighted by atomic mass is 16.1. The van der Waals surface area contributed by atoms with Crippen LogP contribution < -0.4 is 0 Å². The van der Waals surface area contributed by atoms with Crippen molar-refractivity contribution in [2.24, 2.45) is 13.0 Å². The summed E-state index contributed by atoms with van der Waals surface area (Å²) in [4.78, 5) is 12.7. The van der Waals surface area contributed by atoms with Crippen molar-refractivity contribution < 1.29 is 4.79 Å². The maximum atomic E-state index is 12.7. The highest BCUT2D eigenvalue weighted by molar-refractivity contribution is 5.86. The number of ketones is 1. The molecule has 0 fully saturated rings. The van der Waals surface area contributed by atoms with Gasteiger partial charge in [0.05, 0.1) is 0 Å². The lowest BCUT2D eigenvalue weighted by atomic mass is 9.81. The average molecular weight is 284 g/mol. The van der Waals surface area contributed by atoms with Crippen molar-refractivity contribution in [1.82, 2.24) is 9.78 Å². The highest BCUT2D eigenvalue weighted by Crippen LogP contribution is 2.29. The second kappa shape index (κ2) is 7.21. The third kappa shape index (κ3) is 3.81. The summed E-state index contributed by atoms with van der Waals surface area (Å²) in [5.74, 6) is 0.701. The van der Waals surface area contributed by atoms with Crippen LogP contribution in [0.4, 0.5) is 0 Å². The molecule has 0 radical (unpaired) electrons. The first-order chi connectivity index (χ1) is 10.1. The number of hydrogen-bond donors (Lipinski definition) is 0. The minimum Gasteiger partial charge on any atom is -0.299 e. The number of carbonyl (C=O) groups is 1. The van der Waals surface area contributed by atoms with Crippen LogP contribution >= 0.6 is 0 Å². The van der Waals surface area contributed by atoms with Crippen LogP contribution in [-0.4, -0.2) is 15.6 Å². The molecule has 21 heavy (non-hydrogen) atoms. The van der Waals surface area contributed by atoms with Gasteiger partial charge >= 0.3 is 0 Å². The molecule has 0 bridgehead atoms. The quantitative estimate of drug-likeness (QED) is 0.776. The predicted octanol–water partition coefficient (Wildman–Crippen LogP) is 3.75. The van der Waals surface area contributed by atoms with Crippen LogP contribution in [0.1, 0.15) is 43.9 Å². The molecular formula is C18H24N2O. The Morgan fingerprint density at radius 3 is 2.52 bits per heavy atom. The summed E-state index contributed by atoms with van der Waals surface area (Å²) in [6, 6.07) is 12.1. The third-order valence-electron chi connectivity index (χ3n) is 4.27. The van der Waals surface area contributed by atoms with E-state index in [0.29, 0.717) is 18.1 Å². The van der Waals surface area contributed by atoms with Crippen molar-refractivity contribution in [2.45, 2.75) is 39.0 Å². The van der Waals surface area contributed by atoms with Crippen molar-refractivity contribution in [3.8, 4) is 0 Å². The molecule has 0 N–H and O–H groups in total. The normalized spacial score (nSPS) is 13.9. The molecule has 0 saturated carbocycles. The maximum absolute atomic E-state index is 12.7. The highest BCUT2D eigenvalue weighted by Gasteiger charge is 2.25. The first-order valence-corrected chi connectivity index (χ1v) is 7.68. The Labute approximate surface area is 127 Å². The molecule has 2 rings (SSSR count). The molecule has 1 aromatic carbocycles. The van der Waals surface area contributed by atoms with Gasteiger partial charge in [0.2, 0.25) is 0 Å². The fourth-order valence-corrected chi connectivity index (χ4v) is 2.78. The van der Waals surface area contributed by atoms with Gasteiger partial charge in [0.1, 0.15) is 5.78 Å². The monoisotopic (exact) mass is 284 g/mol. The van der Waals surface area contributed by atoms with E-state index >= 15 is 0 Å². The molecule has 2 aromatic rings. The lowest BCUT2D eigenvalue weighted by Gasteiger charge is -2.22. The third-order valence-corrected chi connectivity index (χ3v) is 4.27. The first-order valence-electron chi connectivity index (χ1n) is 7.68. The van der Waals surface area contributed by atoms with Crippen LogP contribution in [0.3, 0.4) is 0 Å². The number of rotatable bonds is 7. The second-order valence-electron chi connectivity index (χ2n) is 5.69. The fourth-order valence-electron chi connectivity index (χ4n) is 2.78. The lowest BCUT2D eigenvalue weighted by molar-refractivity contribution is -0.121. The van der Waals surface area contributed by atoms with E-state index in [4.69, 9.17) is 0 Å². The molecule has 3 nitrogen and oxygen atoms in total. The van der Waals surface area contributed by atoms with E-state index in [2.05, 4.69) is 31.1 Å². The summed E-state index contributed by atoms with van der Waals surface area (Å²) in [7, 11) is 1.92. The summed E-state index contributed by atoms with van der Waals surface area (Å²) in [6.07, 6.45) is 4.12. The minimum atomic E-state index is 0.00410. The van der Waals surface area contributed by atoms with Crippen LogP contribution in [0, 0.1) is 5.92 Å². The molecular weight excluding hydrogens is 260 g/mol. The zero-order chi connectivity index (χ0) is 15.2. The predicted molar refractivity (Wildman–Crippen MR) is 85.2 cm³/mol. The van der Waals surface area contributed by atoms with Gasteiger partial charge in [-0.25, -0.2) is 0 Å². The molecule has 3 heteroatoms. The largest absolute Gasteiger partial charge is 0.299 e. The number of Topliss-reactive ketones (excluding diaryl/α,β-unsaturated/α-hetero) is 1. The molecule has 0 spiro atoms. The van der Waals surface area contributed by atoms with Gasteiger partial charge in [-0.3, -0.25) is 9.48 Å². The summed E-state index contributed by atoms with van der Waals surface area (Å²) < 4.78 is 1.84. The molecule has 0 amide bonds. The number of aryl methyl sites for hydroxylation is 2. The van der Waals surface area contributed by atoms with Gasteiger partial charge in [-0.15, -0.1) is 0 Å². The van der Waals surface area contributed by atoms with Crippen LogP contribution in [0.2, 0.25) is 0 Å². The van der Waals surface area contributed by atoms with Crippen LogP contribution in [0.15, 0.2) is 42.6 Å². The summed E-state index contributed by atoms with van der Waals surface area (Å²) in [5.41, 5.74) is 2.25. The van der Waals surface area contributed by atoms with E-state index in [1.807, 2.05) is 36.0 Å². The lowest BCUT2D eigenvalue weighted by Crippen LogP contribution is -2.20. The maximum Gasteiger partial charge on any atom is 0.140 e. The average Bonchev–Trinajstić information content (AvgIpc) is 2.91. The Hall–Kier alpha value is -1.90. The Kier molecular flexibility index (Phi) is 5.32. The number of nitrogens with zero attached hydrogens (tertiary/aromatic N) is 2. The number of carbonyl (C=O) groups excluding carboxylic acids is 1. The molecule has 0 aliphatic rings. The Bertz CT molecular complexity index is 574. The number of aromatic nitrogens is 2. The number of benzene rings is 1. The molecule has 1 aromatic heterocycles. The van der Waals surface area contributed by atoms with Crippen molar-refractivity contribution in [2.75, 3.05) is 0 Å². The summed E-state index contributed by atoms with van der Waals surface area (Å²) in [5, 5.41) is 4.15. The summed E-state index contributed by atoms with van der Waals surface area (Å²) >= 11 is 0. The second-order valence-corrected chi connectivity index (χ2v) is 5.69. The SMILES string of the molecule is CCC(C)C(C(=O)CCc1ccnn1C)c1ccccc1. The first kappa shape index (κ1) is 15.5. The van der Waals surface area contributed by atoms with Gasteiger partial charge in [-0.1, -0.05) is 50.6 Å². The molecule has 0 aliphatic heterocycles. The van der Waals surface area contributed by atoms with E-state index in [-0.39, 0.29) is 5.92 Å². The van der Waals surface area contributed by atoms with Crippen LogP contribution in [0.5, 0.6) is 0 Å². The van der Waals surface area contributed by atoms with E-state index in [0.717, 1.165) is 24.1 Å². The topological polar surface area (TPSA) is 34.9 Å². The van der Waals surface area contributed by atoms with Gasteiger partial charge in [0, 0.05) is 31.3 Å². The zero-order valence-corrected chi connectivity index (χ0v) is 13.1. The number of hydrogen-bond acceptors (Lipinski definition) is 2. The van der Waals surface area contributed by atoms with E-state index < -0.39 is 0 Å². The van der Waals surface area contributed by atoms with Crippen LogP contribution in [-0.2, 0) is 18.3 Å². The molecule has 2 unspecified atom stereocenters. The minimum absolute atomic E-state index is 0.00410. The van der Waals surface area contributed by atoms with Gasteiger partial charge < -0.3 is 0 Å².